The first-order valence-corrected chi connectivity index (χ1v) is 4.46. The fourth-order valence-electron chi connectivity index (χ4n) is 1.73. The van der Waals surface area contributed by atoms with Crippen molar-refractivity contribution in [2.75, 3.05) is 0 Å². The summed E-state index contributed by atoms with van der Waals surface area (Å²) in [6.45, 7) is 4.31. The van der Waals surface area contributed by atoms with Gasteiger partial charge in [-0.1, -0.05) is 19.1 Å². The van der Waals surface area contributed by atoms with E-state index in [1.165, 1.54) is 12.1 Å². The summed E-state index contributed by atoms with van der Waals surface area (Å²) in [5, 5.41) is 6.50. The molecule has 2 aliphatic heterocycles. The first-order chi connectivity index (χ1) is 5.77. The molecule has 2 aliphatic rings. The molecule has 2 heterocycles. The highest BCUT2D eigenvalue weighted by Crippen LogP contribution is 2.24. The maximum absolute atomic E-state index is 4.40. The molecule has 0 aromatic rings. The summed E-state index contributed by atoms with van der Waals surface area (Å²) in [6, 6.07) is 0.495. The minimum absolute atomic E-state index is 0.495. The van der Waals surface area contributed by atoms with Crippen LogP contribution in [0.2, 0.25) is 0 Å². The minimum Gasteiger partial charge on any atom is -0.263 e. The molecule has 0 radical (unpaired) electrons. The molecule has 0 saturated carbocycles. The monoisotopic (exact) mass is 162 g/mol. The van der Waals surface area contributed by atoms with E-state index in [4.69, 9.17) is 0 Å². The van der Waals surface area contributed by atoms with Crippen molar-refractivity contribution in [2.45, 2.75) is 26.3 Å². The van der Waals surface area contributed by atoms with Crippen molar-refractivity contribution in [3.05, 3.63) is 23.9 Å². The summed E-state index contributed by atoms with van der Waals surface area (Å²) in [6.07, 6.45) is 9.67. The first-order valence-electron chi connectivity index (χ1n) is 4.46. The molecule has 2 atom stereocenters. The van der Waals surface area contributed by atoms with Crippen molar-refractivity contribution in [3.8, 4) is 0 Å². The van der Waals surface area contributed by atoms with Gasteiger partial charge in [0, 0.05) is 11.9 Å². The Labute approximate surface area is 73.3 Å². The summed E-state index contributed by atoms with van der Waals surface area (Å²) in [5.74, 6) is 0.613. The van der Waals surface area contributed by atoms with E-state index in [1.54, 1.807) is 0 Å². The summed E-state index contributed by atoms with van der Waals surface area (Å²) in [4.78, 5) is 0. The zero-order valence-corrected chi connectivity index (χ0v) is 7.57. The molecule has 0 saturated heterocycles. The molecule has 64 valence electrons. The zero-order valence-electron chi connectivity index (χ0n) is 7.57. The largest absolute Gasteiger partial charge is 0.263 e. The second-order valence-electron chi connectivity index (χ2n) is 3.58. The smallest absolute Gasteiger partial charge is 0.0711 e. The van der Waals surface area contributed by atoms with Crippen LogP contribution in [0.15, 0.2) is 29.0 Å². The number of hydrogen-bond donors (Lipinski definition) is 0. The second kappa shape index (κ2) is 2.77. The molecule has 12 heavy (non-hydrogen) atoms. The molecule has 0 aromatic heterocycles. The normalized spacial score (nSPS) is 33.2. The Balaban J connectivity index is 2.26. The lowest BCUT2D eigenvalue weighted by atomic mass is 9.98. The number of hydrazone groups is 1. The van der Waals surface area contributed by atoms with E-state index in [2.05, 4.69) is 42.2 Å². The molecule has 2 heteroatoms. The highest BCUT2D eigenvalue weighted by Gasteiger charge is 2.23. The maximum Gasteiger partial charge on any atom is 0.0711 e. The van der Waals surface area contributed by atoms with Gasteiger partial charge < -0.3 is 0 Å². The topological polar surface area (TPSA) is 15.6 Å². The van der Waals surface area contributed by atoms with E-state index < -0.39 is 0 Å². The van der Waals surface area contributed by atoms with Crippen LogP contribution in [0.1, 0.15) is 20.3 Å². The molecule has 0 bridgehead atoms. The molecule has 0 aromatic carbocycles. The average Bonchev–Trinajstić information content (AvgIpc) is 2.04. The molecule has 2 nitrogen and oxygen atoms in total. The predicted octanol–water partition coefficient (Wildman–Crippen LogP) is 2.16. The van der Waals surface area contributed by atoms with Crippen molar-refractivity contribution in [1.29, 1.82) is 0 Å². The lowest BCUT2D eigenvalue weighted by molar-refractivity contribution is 0.261. The van der Waals surface area contributed by atoms with Crippen LogP contribution in [-0.4, -0.2) is 17.3 Å². The number of nitrogens with zero attached hydrogens (tertiary/aromatic N) is 2. The highest BCUT2D eigenvalue weighted by molar-refractivity contribution is 5.61. The van der Waals surface area contributed by atoms with Gasteiger partial charge in [0.2, 0.25) is 0 Å². The van der Waals surface area contributed by atoms with Crippen LogP contribution in [0.4, 0.5) is 0 Å². The van der Waals surface area contributed by atoms with Crippen LogP contribution in [0, 0.1) is 5.92 Å². The summed E-state index contributed by atoms with van der Waals surface area (Å²) in [7, 11) is 0. The van der Waals surface area contributed by atoms with Crippen molar-refractivity contribution in [2.24, 2.45) is 11.0 Å². The Morgan fingerprint density at radius 1 is 1.58 bits per heavy atom. The molecule has 0 N–H and O–H groups in total. The van der Waals surface area contributed by atoms with Gasteiger partial charge in [-0.05, 0) is 25.3 Å². The summed E-state index contributed by atoms with van der Waals surface area (Å²) >= 11 is 0. The predicted molar refractivity (Wildman–Crippen MR) is 50.8 cm³/mol. The van der Waals surface area contributed by atoms with Gasteiger partial charge in [0.1, 0.15) is 0 Å². The van der Waals surface area contributed by atoms with Crippen molar-refractivity contribution < 1.29 is 0 Å². The molecular formula is C10H14N2. The molecule has 0 fully saturated rings. The van der Waals surface area contributed by atoms with Crippen molar-refractivity contribution >= 4 is 6.21 Å². The quantitative estimate of drug-likeness (QED) is 0.533. The maximum atomic E-state index is 4.40. The fraction of sp³-hybridized carbons (Fsp3) is 0.500. The van der Waals surface area contributed by atoms with Gasteiger partial charge in [-0.3, -0.25) is 5.01 Å². The number of rotatable bonds is 0. The Bertz CT molecular complexity index is 263. The van der Waals surface area contributed by atoms with E-state index in [0.717, 1.165) is 0 Å². The summed E-state index contributed by atoms with van der Waals surface area (Å²) in [5.41, 5.74) is 1.24. The Kier molecular flexibility index (Phi) is 1.75. The van der Waals surface area contributed by atoms with E-state index in [-0.39, 0.29) is 0 Å². The average molecular weight is 162 g/mol. The molecule has 0 aliphatic carbocycles. The van der Waals surface area contributed by atoms with Crippen LogP contribution in [-0.2, 0) is 0 Å². The number of hydrogen-bond acceptors (Lipinski definition) is 2. The third-order valence-electron chi connectivity index (χ3n) is 2.41. The molecular weight excluding hydrogens is 148 g/mol. The Morgan fingerprint density at radius 2 is 2.42 bits per heavy atom. The van der Waals surface area contributed by atoms with Gasteiger partial charge >= 0.3 is 0 Å². The van der Waals surface area contributed by atoms with Gasteiger partial charge in [-0.2, -0.15) is 5.10 Å². The minimum atomic E-state index is 0.495. The van der Waals surface area contributed by atoms with Crippen molar-refractivity contribution in [3.63, 3.8) is 0 Å². The lowest BCUT2D eigenvalue weighted by Crippen LogP contribution is -2.34. The third-order valence-corrected chi connectivity index (χ3v) is 2.41. The lowest BCUT2D eigenvalue weighted by Gasteiger charge is -2.34. The van der Waals surface area contributed by atoms with Crippen LogP contribution < -0.4 is 0 Å². The Morgan fingerprint density at radius 3 is 3.25 bits per heavy atom. The SMILES string of the molecule is CC1=CC=CC2CC(C)C=NN12. The highest BCUT2D eigenvalue weighted by atomic mass is 15.5. The zero-order chi connectivity index (χ0) is 8.55. The van der Waals surface area contributed by atoms with E-state index in [1.807, 2.05) is 6.21 Å². The van der Waals surface area contributed by atoms with Crippen LogP contribution in [0.5, 0.6) is 0 Å². The number of fused-ring (bicyclic) bond motifs is 1. The number of allylic oxidation sites excluding steroid dienone is 3. The van der Waals surface area contributed by atoms with E-state index in [0.29, 0.717) is 12.0 Å². The Hall–Kier alpha value is -1.05. The van der Waals surface area contributed by atoms with Crippen LogP contribution >= 0.6 is 0 Å². The third kappa shape index (κ3) is 1.17. The summed E-state index contributed by atoms with van der Waals surface area (Å²) < 4.78 is 0. The molecule has 0 spiro atoms. The molecule has 2 rings (SSSR count). The van der Waals surface area contributed by atoms with Gasteiger partial charge in [0.25, 0.3) is 0 Å². The van der Waals surface area contributed by atoms with E-state index in [9.17, 15) is 0 Å². The second-order valence-corrected chi connectivity index (χ2v) is 3.58. The van der Waals surface area contributed by atoms with Gasteiger partial charge in [0.15, 0.2) is 0 Å². The fourth-order valence-corrected chi connectivity index (χ4v) is 1.73. The van der Waals surface area contributed by atoms with Gasteiger partial charge in [-0.15, -0.1) is 0 Å². The van der Waals surface area contributed by atoms with Crippen LogP contribution in [0.3, 0.4) is 0 Å². The van der Waals surface area contributed by atoms with Gasteiger partial charge in [-0.25, -0.2) is 0 Å². The standard InChI is InChI=1S/C10H14N2/c1-8-6-10-5-3-4-9(2)12(10)11-7-8/h3-5,7-8,10H,6H2,1-2H3. The van der Waals surface area contributed by atoms with Crippen molar-refractivity contribution in [1.82, 2.24) is 5.01 Å². The molecule has 0 amide bonds. The first kappa shape index (κ1) is 7.59. The molecule has 2 unspecified atom stereocenters. The van der Waals surface area contributed by atoms with Crippen LogP contribution in [0.25, 0.3) is 0 Å². The van der Waals surface area contributed by atoms with Gasteiger partial charge in [0.05, 0.1) is 6.04 Å². The van der Waals surface area contributed by atoms with E-state index >= 15 is 0 Å².